The van der Waals surface area contributed by atoms with Gasteiger partial charge in [0.25, 0.3) is 5.91 Å². The number of ether oxygens (including phenoxy) is 1. The van der Waals surface area contributed by atoms with E-state index in [9.17, 15) is 9.59 Å². The number of carbonyl (C=O) groups is 2. The number of carbonyl (C=O) groups excluding carboxylic acids is 2. The van der Waals surface area contributed by atoms with Crippen molar-refractivity contribution < 1.29 is 14.3 Å². The first-order valence-electron chi connectivity index (χ1n) is 9.80. The molecule has 0 spiro atoms. The largest absolute Gasteiger partial charge is 0.484 e. The van der Waals surface area contributed by atoms with Crippen molar-refractivity contribution in [2.45, 2.75) is 39.8 Å². The molecule has 0 saturated carbocycles. The van der Waals surface area contributed by atoms with E-state index in [1.807, 2.05) is 81.4 Å². The summed E-state index contributed by atoms with van der Waals surface area (Å²) in [7, 11) is 0. The van der Waals surface area contributed by atoms with Crippen molar-refractivity contribution in [3.05, 3.63) is 66.2 Å². The van der Waals surface area contributed by atoms with Gasteiger partial charge in [0.1, 0.15) is 11.8 Å². The average molecular weight is 383 g/mol. The molecule has 0 fully saturated rings. The number of hydrogen-bond donors (Lipinski definition) is 1. The van der Waals surface area contributed by atoms with Crippen molar-refractivity contribution in [1.29, 1.82) is 0 Å². The molecular weight excluding hydrogens is 352 g/mol. The molecule has 150 valence electrons. The van der Waals surface area contributed by atoms with E-state index in [4.69, 9.17) is 4.74 Å². The van der Waals surface area contributed by atoms with Gasteiger partial charge in [0.05, 0.1) is 0 Å². The summed E-state index contributed by atoms with van der Waals surface area (Å²) in [6, 6.07) is 18.4. The molecule has 0 saturated heterocycles. The van der Waals surface area contributed by atoms with E-state index in [0.717, 1.165) is 5.56 Å². The predicted molar refractivity (Wildman–Crippen MR) is 111 cm³/mol. The van der Waals surface area contributed by atoms with E-state index in [-0.39, 0.29) is 18.4 Å². The molecule has 1 N–H and O–H groups in total. The molecule has 5 heteroatoms. The van der Waals surface area contributed by atoms with E-state index in [1.165, 1.54) is 0 Å². The molecule has 2 rings (SSSR count). The Bertz CT molecular complexity index is 732. The number of hydrogen-bond acceptors (Lipinski definition) is 3. The Balaban J connectivity index is 2.14. The lowest BCUT2D eigenvalue weighted by molar-refractivity contribution is -0.143. The highest BCUT2D eigenvalue weighted by atomic mass is 16.5. The Hall–Kier alpha value is -2.82. The monoisotopic (exact) mass is 382 g/mol. The maximum atomic E-state index is 13.0. The number of para-hydroxylation sites is 1. The highest BCUT2D eigenvalue weighted by Gasteiger charge is 2.28. The molecule has 1 atom stereocenters. The van der Waals surface area contributed by atoms with E-state index in [2.05, 4.69) is 5.32 Å². The van der Waals surface area contributed by atoms with Gasteiger partial charge in [-0.2, -0.15) is 0 Å². The van der Waals surface area contributed by atoms with Crippen LogP contribution in [-0.4, -0.2) is 35.9 Å². The minimum Gasteiger partial charge on any atom is -0.484 e. The van der Waals surface area contributed by atoms with Crippen LogP contribution in [0.15, 0.2) is 60.7 Å². The van der Waals surface area contributed by atoms with Crippen LogP contribution in [0.1, 0.15) is 32.8 Å². The minimum absolute atomic E-state index is 0.106. The van der Waals surface area contributed by atoms with Crippen LogP contribution in [0.5, 0.6) is 5.75 Å². The number of nitrogens with zero attached hydrogens (tertiary/aromatic N) is 1. The van der Waals surface area contributed by atoms with E-state index >= 15 is 0 Å². The van der Waals surface area contributed by atoms with E-state index in [1.54, 1.807) is 4.90 Å². The molecule has 0 heterocycles. The number of rotatable bonds is 10. The van der Waals surface area contributed by atoms with Crippen molar-refractivity contribution in [1.82, 2.24) is 10.2 Å². The molecule has 0 aliphatic carbocycles. The van der Waals surface area contributed by atoms with Gasteiger partial charge in [-0.3, -0.25) is 9.59 Å². The third-order valence-corrected chi connectivity index (χ3v) is 4.37. The Morgan fingerprint density at radius 3 is 2.18 bits per heavy atom. The van der Waals surface area contributed by atoms with Gasteiger partial charge in [0, 0.05) is 13.1 Å². The van der Waals surface area contributed by atoms with Crippen molar-refractivity contribution in [2.24, 2.45) is 5.92 Å². The molecule has 0 aliphatic heterocycles. The second-order valence-electron chi connectivity index (χ2n) is 7.17. The van der Waals surface area contributed by atoms with E-state index < -0.39 is 6.04 Å². The van der Waals surface area contributed by atoms with Gasteiger partial charge in [-0.25, -0.2) is 0 Å². The summed E-state index contributed by atoms with van der Waals surface area (Å²) in [4.78, 5) is 27.3. The summed E-state index contributed by atoms with van der Waals surface area (Å²) in [5, 5.41) is 2.95. The van der Waals surface area contributed by atoms with Crippen LogP contribution in [0.3, 0.4) is 0 Å². The Labute approximate surface area is 167 Å². The second-order valence-corrected chi connectivity index (χ2v) is 7.17. The summed E-state index contributed by atoms with van der Waals surface area (Å²) in [6.45, 7) is 6.85. The Morgan fingerprint density at radius 2 is 1.61 bits per heavy atom. The van der Waals surface area contributed by atoms with Gasteiger partial charge in [0.2, 0.25) is 5.91 Å². The normalized spacial score (nSPS) is 11.7. The van der Waals surface area contributed by atoms with Crippen molar-refractivity contribution in [3.8, 4) is 5.75 Å². The van der Waals surface area contributed by atoms with Gasteiger partial charge in [-0.05, 0) is 30.0 Å². The quantitative estimate of drug-likeness (QED) is 0.682. The molecule has 0 radical (unpaired) electrons. The summed E-state index contributed by atoms with van der Waals surface area (Å²) in [6.07, 6.45) is 0.536. The zero-order valence-electron chi connectivity index (χ0n) is 16.9. The third-order valence-electron chi connectivity index (χ3n) is 4.37. The Kier molecular flexibility index (Phi) is 8.53. The lowest BCUT2D eigenvalue weighted by atomic mass is 10.1. The van der Waals surface area contributed by atoms with Crippen LogP contribution in [0.25, 0.3) is 0 Å². The topological polar surface area (TPSA) is 58.6 Å². The highest BCUT2D eigenvalue weighted by molar-refractivity contribution is 5.88. The smallest absolute Gasteiger partial charge is 0.261 e. The maximum absolute atomic E-state index is 13.0. The molecule has 0 aromatic heterocycles. The second kappa shape index (κ2) is 11.1. The van der Waals surface area contributed by atoms with Crippen molar-refractivity contribution >= 4 is 11.8 Å². The number of amides is 2. The Morgan fingerprint density at radius 1 is 1.00 bits per heavy atom. The van der Waals surface area contributed by atoms with Gasteiger partial charge >= 0.3 is 0 Å². The van der Waals surface area contributed by atoms with Gasteiger partial charge in [0.15, 0.2) is 6.61 Å². The number of benzene rings is 2. The lowest BCUT2D eigenvalue weighted by Crippen LogP contribution is -2.50. The first kappa shape index (κ1) is 21.5. The zero-order valence-corrected chi connectivity index (χ0v) is 16.9. The van der Waals surface area contributed by atoms with Gasteiger partial charge in [-0.15, -0.1) is 0 Å². The zero-order chi connectivity index (χ0) is 20.4. The van der Waals surface area contributed by atoms with Crippen LogP contribution < -0.4 is 10.1 Å². The fourth-order valence-corrected chi connectivity index (χ4v) is 2.87. The van der Waals surface area contributed by atoms with Gasteiger partial charge in [-0.1, -0.05) is 69.3 Å². The summed E-state index contributed by atoms with van der Waals surface area (Å²) in [5.74, 6) is 0.647. The summed E-state index contributed by atoms with van der Waals surface area (Å²) in [5.41, 5.74) is 0.977. The van der Waals surface area contributed by atoms with Crippen molar-refractivity contribution in [2.75, 3.05) is 13.2 Å². The molecule has 2 aromatic carbocycles. The fraction of sp³-hybridized carbons (Fsp3) is 0.391. The maximum Gasteiger partial charge on any atom is 0.261 e. The van der Waals surface area contributed by atoms with Crippen LogP contribution in [0, 0.1) is 5.92 Å². The SMILES string of the molecule is CC[C@@H](C(=O)NCC(C)C)N(Cc1ccccc1)C(=O)COc1ccccc1. The lowest BCUT2D eigenvalue weighted by Gasteiger charge is -2.30. The average Bonchev–Trinajstić information content (AvgIpc) is 2.71. The van der Waals surface area contributed by atoms with Crippen LogP contribution in [0.4, 0.5) is 0 Å². The summed E-state index contributed by atoms with van der Waals surface area (Å²) < 4.78 is 5.64. The first-order chi connectivity index (χ1) is 13.5. The molecular formula is C23H30N2O3. The highest BCUT2D eigenvalue weighted by Crippen LogP contribution is 2.14. The number of nitrogens with one attached hydrogen (secondary N) is 1. The van der Waals surface area contributed by atoms with E-state index in [0.29, 0.717) is 31.2 Å². The molecule has 2 aromatic rings. The first-order valence-corrected chi connectivity index (χ1v) is 9.80. The van der Waals surface area contributed by atoms with Gasteiger partial charge < -0.3 is 15.0 Å². The standard InChI is InChI=1S/C23H30N2O3/c1-4-21(23(27)24-15-18(2)3)25(16-19-11-7-5-8-12-19)22(26)17-28-20-13-9-6-10-14-20/h5-14,18,21H,4,15-17H2,1-3H3,(H,24,27)/t21-/m0/s1. The molecule has 0 bridgehead atoms. The summed E-state index contributed by atoms with van der Waals surface area (Å²) >= 11 is 0. The molecule has 0 aliphatic rings. The molecule has 0 unspecified atom stereocenters. The predicted octanol–water partition coefficient (Wildman–Crippen LogP) is 3.65. The van der Waals surface area contributed by atoms with Crippen LogP contribution in [0.2, 0.25) is 0 Å². The third kappa shape index (κ3) is 6.72. The fourth-order valence-electron chi connectivity index (χ4n) is 2.87. The van der Waals surface area contributed by atoms with Crippen LogP contribution in [-0.2, 0) is 16.1 Å². The minimum atomic E-state index is -0.536. The molecule has 28 heavy (non-hydrogen) atoms. The molecule has 2 amide bonds. The molecule has 5 nitrogen and oxygen atoms in total. The van der Waals surface area contributed by atoms with Crippen LogP contribution >= 0.6 is 0 Å². The van der Waals surface area contributed by atoms with Crippen molar-refractivity contribution in [3.63, 3.8) is 0 Å².